The third-order valence-corrected chi connectivity index (χ3v) is 3.43. The second-order valence-electron chi connectivity index (χ2n) is 3.35. The molecule has 15 heavy (non-hydrogen) atoms. The summed E-state index contributed by atoms with van der Waals surface area (Å²) in [6.07, 6.45) is 2.80. The summed E-state index contributed by atoms with van der Waals surface area (Å²) in [6, 6.07) is 2.14. The molecule has 0 radical (unpaired) electrons. The molecule has 0 saturated heterocycles. The topological polar surface area (TPSA) is 36.7 Å². The lowest BCUT2D eigenvalue weighted by atomic mass is 9.99. The van der Waals surface area contributed by atoms with Gasteiger partial charge in [-0.15, -0.1) is 0 Å². The highest BCUT2D eigenvalue weighted by Crippen LogP contribution is 2.27. The predicted octanol–water partition coefficient (Wildman–Crippen LogP) is 3.40. The predicted molar refractivity (Wildman–Crippen MR) is 64.8 cm³/mol. The number of aryl methyl sites for hydroxylation is 1. The first-order chi connectivity index (χ1) is 7.19. The number of pyridine rings is 1. The fourth-order valence-corrected chi connectivity index (χ4v) is 2.55. The van der Waals surface area contributed by atoms with Crippen LogP contribution in [0, 0.1) is 11.3 Å². The van der Waals surface area contributed by atoms with Gasteiger partial charge in [0, 0.05) is 5.69 Å². The lowest BCUT2D eigenvalue weighted by Crippen LogP contribution is -2.05. The first-order valence-electron chi connectivity index (χ1n) is 5.29. The lowest BCUT2D eigenvalue weighted by Gasteiger charge is -2.13. The molecule has 0 saturated carbocycles. The molecule has 2 nitrogen and oxygen atoms in total. The number of halogens is 1. The van der Waals surface area contributed by atoms with Gasteiger partial charge in [-0.1, -0.05) is 20.8 Å². The average Bonchev–Trinajstić information content (AvgIpc) is 2.28. The van der Waals surface area contributed by atoms with Crippen LogP contribution in [0.25, 0.3) is 0 Å². The Bertz CT molecular complexity index is 405. The Morgan fingerprint density at radius 3 is 2.13 bits per heavy atom. The molecule has 1 aromatic rings. The van der Waals surface area contributed by atoms with Crippen LogP contribution in [0.2, 0.25) is 0 Å². The zero-order valence-corrected chi connectivity index (χ0v) is 11.0. The molecule has 0 fully saturated rings. The van der Waals surface area contributed by atoms with E-state index in [1.165, 1.54) is 11.1 Å². The number of aromatic nitrogens is 1. The molecule has 1 aromatic heterocycles. The van der Waals surface area contributed by atoms with Gasteiger partial charge in [-0.3, -0.25) is 0 Å². The van der Waals surface area contributed by atoms with Gasteiger partial charge < -0.3 is 0 Å². The summed E-state index contributed by atoms with van der Waals surface area (Å²) in [7, 11) is 0. The van der Waals surface area contributed by atoms with Gasteiger partial charge in [-0.25, -0.2) is 4.98 Å². The Balaban J connectivity index is 3.51. The molecule has 0 amide bonds. The van der Waals surface area contributed by atoms with Gasteiger partial charge in [0.25, 0.3) is 0 Å². The van der Waals surface area contributed by atoms with Crippen LogP contribution in [-0.2, 0) is 19.3 Å². The van der Waals surface area contributed by atoms with Crippen molar-refractivity contribution in [1.82, 2.24) is 4.98 Å². The van der Waals surface area contributed by atoms with Crippen LogP contribution in [0.3, 0.4) is 0 Å². The Morgan fingerprint density at radius 1 is 1.13 bits per heavy atom. The van der Waals surface area contributed by atoms with Crippen molar-refractivity contribution in [3.05, 3.63) is 27.0 Å². The van der Waals surface area contributed by atoms with Crippen molar-refractivity contribution >= 4 is 15.9 Å². The number of rotatable bonds is 3. The fourth-order valence-electron chi connectivity index (χ4n) is 1.85. The number of hydrogen-bond acceptors (Lipinski definition) is 2. The molecule has 0 aliphatic rings. The van der Waals surface area contributed by atoms with E-state index in [4.69, 9.17) is 5.26 Å². The maximum atomic E-state index is 8.98. The molecule has 3 heteroatoms. The molecule has 1 rings (SSSR count). The van der Waals surface area contributed by atoms with Crippen molar-refractivity contribution in [1.29, 1.82) is 5.26 Å². The van der Waals surface area contributed by atoms with E-state index in [0.29, 0.717) is 5.69 Å². The van der Waals surface area contributed by atoms with E-state index in [2.05, 4.69) is 47.8 Å². The van der Waals surface area contributed by atoms with Crippen molar-refractivity contribution in [2.24, 2.45) is 0 Å². The normalized spacial score (nSPS) is 10.1. The smallest absolute Gasteiger partial charge is 0.155 e. The first kappa shape index (κ1) is 12.2. The minimum absolute atomic E-state index is 0.515. The van der Waals surface area contributed by atoms with Crippen LogP contribution in [0.15, 0.2) is 4.47 Å². The number of nitrogens with zero attached hydrogens (tertiary/aromatic N) is 2. The highest BCUT2D eigenvalue weighted by molar-refractivity contribution is 9.10. The number of hydrogen-bond donors (Lipinski definition) is 0. The zero-order valence-electron chi connectivity index (χ0n) is 9.39. The monoisotopic (exact) mass is 266 g/mol. The van der Waals surface area contributed by atoms with Crippen LogP contribution >= 0.6 is 15.9 Å². The molecule has 0 aliphatic carbocycles. The first-order valence-corrected chi connectivity index (χ1v) is 6.08. The van der Waals surface area contributed by atoms with E-state index in [9.17, 15) is 0 Å². The quantitative estimate of drug-likeness (QED) is 0.841. The van der Waals surface area contributed by atoms with Gasteiger partial charge >= 0.3 is 0 Å². The average molecular weight is 267 g/mol. The molecule has 0 spiro atoms. The second-order valence-corrected chi connectivity index (χ2v) is 4.14. The van der Waals surface area contributed by atoms with Crippen LogP contribution in [0.5, 0.6) is 0 Å². The van der Waals surface area contributed by atoms with E-state index in [1.54, 1.807) is 0 Å². The zero-order chi connectivity index (χ0) is 11.4. The third kappa shape index (κ3) is 2.21. The molecule has 80 valence electrons. The van der Waals surface area contributed by atoms with Gasteiger partial charge in [-0.2, -0.15) is 5.26 Å². The van der Waals surface area contributed by atoms with E-state index in [0.717, 1.165) is 29.4 Å². The van der Waals surface area contributed by atoms with Crippen molar-refractivity contribution in [3.63, 3.8) is 0 Å². The molecule has 0 aliphatic heterocycles. The van der Waals surface area contributed by atoms with E-state index in [1.807, 2.05) is 0 Å². The Morgan fingerprint density at radius 2 is 1.73 bits per heavy atom. The molecule has 0 unspecified atom stereocenters. The summed E-state index contributed by atoms with van der Waals surface area (Å²) in [4.78, 5) is 4.38. The van der Waals surface area contributed by atoms with E-state index >= 15 is 0 Å². The number of nitriles is 1. The van der Waals surface area contributed by atoms with Crippen LogP contribution in [-0.4, -0.2) is 4.98 Å². The van der Waals surface area contributed by atoms with Crippen molar-refractivity contribution in [3.8, 4) is 6.07 Å². The van der Waals surface area contributed by atoms with E-state index < -0.39 is 0 Å². The minimum Gasteiger partial charge on any atom is -0.241 e. The largest absolute Gasteiger partial charge is 0.241 e. The standard InChI is InChI=1S/C12H15BrN2/c1-4-8-9(5-2)12(13)11(7-14)15-10(8)6-3/h4-6H2,1-3H3. The Hall–Kier alpha value is -0.880. The Kier molecular flexibility index (Phi) is 4.28. The molecular weight excluding hydrogens is 252 g/mol. The summed E-state index contributed by atoms with van der Waals surface area (Å²) in [5, 5.41) is 8.98. The SMILES string of the molecule is CCc1nc(C#N)c(Br)c(CC)c1CC. The minimum atomic E-state index is 0.515. The van der Waals surface area contributed by atoms with Crippen LogP contribution in [0.4, 0.5) is 0 Å². The molecule has 0 N–H and O–H groups in total. The Labute approximate surface area is 99.5 Å². The molecule has 0 aromatic carbocycles. The molecule has 0 atom stereocenters. The van der Waals surface area contributed by atoms with Crippen LogP contribution in [0.1, 0.15) is 43.3 Å². The highest BCUT2D eigenvalue weighted by atomic mass is 79.9. The maximum Gasteiger partial charge on any atom is 0.155 e. The lowest BCUT2D eigenvalue weighted by molar-refractivity contribution is 0.911. The maximum absolute atomic E-state index is 8.98. The molecule has 0 bridgehead atoms. The summed E-state index contributed by atoms with van der Waals surface area (Å²) < 4.78 is 0.876. The van der Waals surface area contributed by atoms with Crippen molar-refractivity contribution in [2.75, 3.05) is 0 Å². The summed E-state index contributed by atoms with van der Waals surface area (Å²) >= 11 is 3.47. The van der Waals surface area contributed by atoms with Gasteiger partial charge in [0.05, 0.1) is 4.47 Å². The van der Waals surface area contributed by atoms with E-state index in [-0.39, 0.29) is 0 Å². The fraction of sp³-hybridized carbons (Fsp3) is 0.500. The third-order valence-electron chi connectivity index (χ3n) is 2.58. The van der Waals surface area contributed by atoms with Crippen molar-refractivity contribution < 1.29 is 0 Å². The summed E-state index contributed by atoms with van der Waals surface area (Å²) in [5.41, 5.74) is 4.11. The van der Waals surface area contributed by atoms with Crippen molar-refractivity contribution in [2.45, 2.75) is 40.0 Å². The van der Waals surface area contributed by atoms with Gasteiger partial charge in [-0.05, 0) is 46.3 Å². The van der Waals surface area contributed by atoms with Crippen LogP contribution < -0.4 is 0 Å². The molecule has 1 heterocycles. The van der Waals surface area contributed by atoms with Gasteiger partial charge in [0.15, 0.2) is 5.69 Å². The molecular formula is C12H15BrN2. The van der Waals surface area contributed by atoms with Gasteiger partial charge in [0.2, 0.25) is 0 Å². The van der Waals surface area contributed by atoms with Gasteiger partial charge in [0.1, 0.15) is 6.07 Å². The summed E-state index contributed by atoms with van der Waals surface area (Å²) in [5.74, 6) is 0. The second kappa shape index (κ2) is 5.27. The summed E-state index contributed by atoms with van der Waals surface area (Å²) in [6.45, 7) is 6.32. The highest BCUT2D eigenvalue weighted by Gasteiger charge is 2.14.